The van der Waals surface area contributed by atoms with Gasteiger partial charge < -0.3 is 49.6 Å². The number of allylic oxidation sites excluding steroid dienone is 1. The van der Waals surface area contributed by atoms with Gasteiger partial charge in [0.15, 0.2) is 12.6 Å². The molecule has 10 heteroatoms. The van der Waals surface area contributed by atoms with Crippen LogP contribution in [0.15, 0.2) is 24.3 Å². The van der Waals surface area contributed by atoms with Gasteiger partial charge in [0, 0.05) is 5.41 Å². The Balaban J connectivity index is 1.36. The highest BCUT2D eigenvalue weighted by Gasteiger charge is 2.60. The first-order valence-corrected chi connectivity index (χ1v) is 14.7. The van der Waals surface area contributed by atoms with E-state index in [1.54, 1.807) is 0 Å². The average molecular weight is 569 g/mol. The number of fused-ring (bicyclic) bond motifs is 3. The van der Waals surface area contributed by atoms with E-state index in [9.17, 15) is 30.6 Å². The first-order chi connectivity index (χ1) is 18.8. The molecule has 5 aliphatic rings. The van der Waals surface area contributed by atoms with Crippen LogP contribution in [0.1, 0.15) is 59.8 Å². The maximum atomic E-state index is 10.6. The van der Waals surface area contributed by atoms with Crippen LogP contribution in [0, 0.1) is 28.1 Å². The van der Waals surface area contributed by atoms with Gasteiger partial charge >= 0.3 is 0 Å². The minimum atomic E-state index is -1.36. The predicted octanol–water partition coefficient (Wildman–Crippen LogP) is 1.01. The molecule has 40 heavy (non-hydrogen) atoms. The van der Waals surface area contributed by atoms with E-state index >= 15 is 0 Å². The molecule has 3 aliphatic carbocycles. The Morgan fingerprint density at radius 2 is 1.62 bits per heavy atom. The molecule has 2 saturated carbocycles. The maximum absolute atomic E-state index is 10.6. The summed E-state index contributed by atoms with van der Waals surface area (Å²) in [6, 6.07) is 0. The molecule has 0 aromatic heterocycles. The van der Waals surface area contributed by atoms with Crippen LogP contribution in [0.3, 0.4) is 0 Å². The Morgan fingerprint density at radius 3 is 2.27 bits per heavy atom. The van der Waals surface area contributed by atoms with E-state index in [2.05, 4.69) is 40.3 Å². The van der Waals surface area contributed by atoms with Crippen molar-refractivity contribution >= 4 is 0 Å². The standard InChI is InChI=1S/C30H48O10/c1-6-29(4)12-15-7-8-19-28(2,3)20(39-27-25(36)23(34)18(13-31)38-27)9-10-30(19,5)16(15)11-21(29)40-26-24(35)22(33)17(32)14-37-26/h6,12,16-27,31-36H,1,7-11,13-14H2,2-5H3/t16?,17-,18+,19?,20?,21?,22-,23-,24-,25-,26+,27+,29?,30?/m1/s1. The van der Waals surface area contributed by atoms with Gasteiger partial charge in [0.2, 0.25) is 0 Å². The zero-order valence-corrected chi connectivity index (χ0v) is 24.1. The molecule has 14 atom stereocenters. The lowest BCUT2D eigenvalue weighted by Gasteiger charge is -2.62. The summed E-state index contributed by atoms with van der Waals surface area (Å²) >= 11 is 0. The molecule has 0 spiro atoms. The number of ether oxygens (including phenoxy) is 4. The van der Waals surface area contributed by atoms with E-state index in [-0.39, 0.29) is 42.2 Å². The molecule has 4 fully saturated rings. The number of hydrogen-bond acceptors (Lipinski definition) is 10. The molecule has 2 aliphatic heterocycles. The molecule has 10 nitrogen and oxygen atoms in total. The third-order valence-electron chi connectivity index (χ3n) is 11.1. The molecule has 228 valence electrons. The topological polar surface area (TPSA) is 158 Å². The molecule has 0 bridgehead atoms. The first-order valence-electron chi connectivity index (χ1n) is 14.7. The van der Waals surface area contributed by atoms with Crippen molar-refractivity contribution in [2.45, 2.75) is 121 Å². The molecule has 0 radical (unpaired) electrons. The van der Waals surface area contributed by atoms with Gasteiger partial charge in [-0.05, 0) is 54.8 Å². The first kappa shape index (κ1) is 30.5. The molecule has 0 amide bonds. The van der Waals surface area contributed by atoms with Crippen LogP contribution in [0.2, 0.25) is 0 Å². The Labute approximate surface area is 236 Å². The molecular formula is C30H48O10. The zero-order chi connectivity index (χ0) is 29.2. The number of aliphatic hydroxyl groups excluding tert-OH is 6. The molecule has 2 saturated heterocycles. The van der Waals surface area contributed by atoms with Gasteiger partial charge in [0.1, 0.15) is 36.6 Å². The van der Waals surface area contributed by atoms with Crippen molar-refractivity contribution in [3.05, 3.63) is 24.3 Å². The summed E-state index contributed by atoms with van der Waals surface area (Å²) in [4.78, 5) is 0. The van der Waals surface area contributed by atoms with Crippen LogP contribution in [-0.2, 0) is 18.9 Å². The minimum absolute atomic E-state index is 0.0679. The van der Waals surface area contributed by atoms with Crippen molar-refractivity contribution < 1.29 is 49.6 Å². The highest BCUT2D eigenvalue weighted by Crippen LogP contribution is 2.64. The van der Waals surface area contributed by atoms with E-state index < -0.39 is 54.6 Å². The smallest absolute Gasteiger partial charge is 0.186 e. The summed E-state index contributed by atoms with van der Waals surface area (Å²) in [5.74, 6) is 0.509. The van der Waals surface area contributed by atoms with E-state index in [1.165, 1.54) is 5.57 Å². The van der Waals surface area contributed by atoms with Gasteiger partial charge in [0.05, 0.1) is 25.4 Å². The van der Waals surface area contributed by atoms with Crippen LogP contribution >= 0.6 is 0 Å². The zero-order valence-electron chi connectivity index (χ0n) is 24.1. The summed E-state index contributed by atoms with van der Waals surface area (Å²) in [7, 11) is 0. The van der Waals surface area contributed by atoms with Crippen molar-refractivity contribution in [3.63, 3.8) is 0 Å². The lowest BCUT2D eigenvalue weighted by atomic mass is 9.44. The second kappa shape index (κ2) is 11.0. The summed E-state index contributed by atoms with van der Waals surface area (Å²) in [5.41, 5.74) is 0.569. The normalized spacial score (nSPS) is 52.4. The Bertz CT molecular complexity index is 970. The quantitative estimate of drug-likeness (QED) is 0.256. The van der Waals surface area contributed by atoms with E-state index in [4.69, 9.17) is 18.9 Å². The molecule has 6 N–H and O–H groups in total. The average Bonchev–Trinajstić information content (AvgIpc) is 3.19. The van der Waals surface area contributed by atoms with E-state index in [1.807, 2.05) is 6.08 Å². The summed E-state index contributed by atoms with van der Waals surface area (Å²) in [6.45, 7) is 12.4. The highest BCUT2D eigenvalue weighted by molar-refractivity contribution is 5.29. The van der Waals surface area contributed by atoms with E-state index in [0.29, 0.717) is 12.3 Å². The van der Waals surface area contributed by atoms with Gasteiger partial charge in [-0.3, -0.25) is 0 Å². The van der Waals surface area contributed by atoms with Crippen molar-refractivity contribution in [1.29, 1.82) is 0 Å². The van der Waals surface area contributed by atoms with Crippen LogP contribution in [0.5, 0.6) is 0 Å². The number of hydrogen-bond donors (Lipinski definition) is 6. The predicted molar refractivity (Wildman–Crippen MR) is 144 cm³/mol. The van der Waals surface area contributed by atoms with E-state index in [0.717, 1.165) is 25.7 Å². The monoisotopic (exact) mass is 568 g/mol. The Kier molecular flexibility index (Phi) is 8.38. The van der Waals surface area contributed by atoms with Crippen molar-refractivity contribution in [3.8, 4) is 0 Å². The SMILES string of the molecule is C=CC1(C)C=C2CCC3C(C)(C)C(O[C@@H]4O[C@@H](CO)[C@@H](O)[C@H]4O)CCC3(C)C2CC1O[C@@H]1OC[C@@H](O)[C@@H](O)[C@H]1O. The maximum Gasteiger partial charge on any atom is 0.186 e. The highest BCUT2D eigenvalue weighted by atomic mass is 16.7. The molecule has 2 heterocycles. The summed E-state index contributed by atoms with van der Waals surface area (Å²) < 4.78 is 24.0. The molecule has 5 rings (SSSR count). The van der Waals surface area contributed by atoms with Crippen LogP contribution < -0.4 is 0 Å². The number of rotatable bonds is 6. The van der Waals surface area contributed by atoms with Gasteiger partial charge in [-0.25, -0.2) is 0 Å². The number of aliphatic hydroxyl groups is 6. The largest absolute Gasteiger partial charge is 0.394 e. The lowest BCUT2D eigenvalue weighted by molar-refractivity contribution is -0.292. The van der Waals surface area contributed by atoms with Crippen molar-refractivity contribution in [1.82, 2.24) is 0 Å². The van der Waals surface area contributed by atoms with Crippen molar-refractivity contribution in [2.24, 2.45) is 28.1 Å². The molecule has 0 aromatic carbocycles. The molecule has 0 aromatic rings. The fraction of sp³-hybridized carbons (Fsp3) is 0.867. The van der Waals surface area contributed by atoms with Crippen molar-refractivity contribution in [2.75, 3.05) is 13.2 Å². The second-order valence-corrected chi connectivity index (χ2v) is 13.7. The Morgan fingerprint density at radius 1 is 0.950 bits per heavy atom. The van der Waals surface area contributed by atoms with Gasteiger partial charge in [-0.15, -0.1) is 6.58 Å². The minimum Gasteiger partial charge on any atom is -0.394 e. The van der Waals surface area contributed by atoms with Crippen LogP contribution in [-0.4, -0.2) is 105 Å². The molecule has 6 unspecified atom stereocenters. The van der Waals surface area contributed by atoms with Gasteiger partial charge in [-0.1, -0.05) is 45.4 Å². The molecular weight excluding hydrogens is 520 g/mol. The fourth-order valence-corrected chi connectivity index (χ4v) is 8.48. The van der Waals surface area contributed by atoms with Crippen LogP contribution in [0.25, 0.3) is 0 Å². The fourth-order valence-electron chi connectivity index (χ4n) is 8.48. The van der Waals surface area contributed by atoms with Gasteiger partial charge in [0.25, 0.3) is 0 Å². The summed E-state index contributed by atoms with van der Waals surface area (Å²) in [5, 5.41) is 60.8. The van der Waals surface area contributed by atoms with Crippen LogP contribution in [0.4, 0.5) is 0 Å². The third-order valence-corrected chi connectivity index (χ3v) is 11.1. The third kappa shape index (κ3) is 4.92. The summed E-state index contributed by atoms with van der Waals surface area (Å²) in [6.07, 6.45) is -1.35. The Hall–Kier alpha value is -0.920. The lowest BCUT2D eigenvalue weighted by Crippen LogP contribution is -2.59. The second-order valence-electron chi connectivity index (χ2n) is 13.7. The van der Waals surface area contributed by atoms with Gasteiger partial charge in [-0.2, -0.15) is 0 Å².